The minimum absolute atomic E-state index is 0.0183. The molecule has 1 aromatic heterocycles. The molecule has 0 N–H and O–H groups in total. The van der Waals surface area contributed by atoms with Crippen LogP contribution in [-0.2, 0) is 16.1 Å². The highest BCUT2D eigenvalue weighted by atomic mass is 35.5. The molecule has 0 aliphatic carbocycles. The zero-order chi connectivity index (χ0) is 28.7. The highest BCUT2D eigenvalue weighted by Gasteiger charge is 2.49. The average molecular weight is 617 g/mol. The van der Waals surface area contributed by atoms with Crippen LogP contribution in [0.15, 0.2) is 42.5 Å². The highest BCUT2D eigenvalue weighted by molar-refractivity contribution is 6.36. The smallest absolute Gasteiger partial charge is 0.305 e. The highest BCUT2D eigenvalue weighted by Crippen LogP contribution is 2.44. The third-order valence-electron chi connectivity index (χ3n) is 9.50. The van der Waals surface area contributed by atoms with Crippen LogP contribution in [-0.4, -0.2) is 65.1 Å². The summed E-state index contributed by atoms with van der Waals surface area (Å²) in [5.74, 6) is 0.674. The minimum atomic E-state index is -0.201. The number of halogens is 3. The largest absolute Gasteiger partial charge is 0.469 e. The molecule has 3 aromatic rings. The quantitative estimate of drug-likeness (QED) is 0.261. The molecular weight excluding hydrogens is 581 g/mol. The maximum absolute atomic E-state index is 14.7. The number of aromatic nitrogens is 1. The number of carbonyl (C=O) groups excluding carboxylic acids is 2. The molecule has 3 aliphatic rings. The van der Waals surface area contributed by atoms with Crippen LogP contribution >= 0.6 is 34.8 Å². The number of piperidine rings is 3. The van der Waals surface area contributed by atoms with E-state index in [4.69, 9.17) is 39.5 Å². The van der Waals surface area contributed by atoms with Crippen molar-refractivity contribution in [2.24, 2.45) is 11.8 Å². The van der Waals surface area contributed by atoms with Gasteiger partial charge in [-0.3, -0.25) is 14.5 Å². The van der Waals surface area contributed by atoms with Gasteiger partial charge in [0.1, 0.15) is 5.69 Å². The maximum Gasteiger partial charge on any atom is 0.305 e. The number of methoxy groups -OCH3 is 1. The minimum Gasteiger partial charge on any atom is -0.469 e. The predicted molar refractivity (Wildman–Crippen MR) is 164 cm³/mol. The molecule has 1 amide bonds. The molecule has 4 heterocycles. The normalized spacial score (nSPS) is 24.3. The van der Waals surface area contributed by atoms with Gasteiger partial charge in [-0.25, -0.2) is 0 Å². The van der Waals surface area contributed by atoms with Crippen molar-refractivity contribution in [2.75, 3.05) is 26.7 Å². The summed E-state index contributed by atoms with van der Waals surface area (Å²) in [6.45, 7) is 3.38. The summed E-state index contributed by atoms with van der Waals surface area (Å²) < 4.78 is 6.94. The first-order valence-electron chi connectivity index (χ1n) is 14.7. The van der Waals surface area contributed by atoms with Gasteiger partial charge in [-0.1, -0.05) is 46.9 Å². The number of ether oxygens (including phenoxy) is 1. The molecule has 0 saturated carbocycles. The second-order valence-corrected chi connectivity index (χ2v) is 13.0. The van der Waals surface area contributed by atoms with Crippen LogP contribution in [0.5, 0.6) is 0 Å². The Morgan fingerprint density at radius 3 is 2.51 bits per heavy atom. The van der Waals surface area contributed by atoms with Gasteiger partial charge in [-0.15, -0.1) is 0 Å². The van der Waals surface area contributed by atoms with E-state index in [-0.39, 0.29) is 17.9 Å². The molecule has 2 aromatic carbocycles. The number of carbonyl (C=O) groups is 2. The van der Waals surface area contributed by atoms with Crippen LogP contribution in [0.3, 0.4) is 0 Å². The van der Waals surface area contributed by atoms with Crippen LogP contribution in [0.4, 0.5) is 0 Å². The van der Waals surface area contributed by atoms with Gasteiger partial charge in [0.05, 0.1) is 19.2 Å². The van der Waals surface area contributed by atoms with Crippen molar-refractivity contribution in [1.29, 1.82) is 0 Å². The number of nitrogens with zero attached hydrogens (tertiary/aromatic N) is 3. The first-order chi connectivity index (χ1) is 19.9. The Kier molecular flexibility index (Phi) is 8.56. The zero-order valence-electron chi connectivity index (χ0n) is 23.3. The Balaban J connectivity index is 1.40. The standard InChI is InChI=1S/C32H36Cl3N3O3/c1-41-30(39)11-3-10-27-23-7-5-15-36-14-4-6-21(31(23)36)18-38(27)32(40)29-16-20-12-13-22(33)17-28(20)37(29)19-24-25(34)8-2-9-26(24)35/h2,8-9,12-13,16-17,21,23,27,31H,3-7,10-11,14-15,18-19H2,1H3/t21-,23+,27+,31-/m0/s1. The number of likely N-dealkylation sites (tertiary alicyclic amines) is 1. The summed E-state index contributed by atoms with van der Waals surface area (Å²) in [5.41, 5.74) is 2.25. The van der Waals surface area contributed by atoms with E-state index < -0.39 is 0 Å². The van der Waals surface area contributed by atoms with Gasteiger partial charge in [0.2, 0.25) is 0 Å². The number of amides is 1. The lowest BCUT2D eigenvalue weighted by atomic mass is 9.69. The molecule has 218 valence electrons. The second kappa shape index (κ2) is 12.2. The van der Waals surface area contributed by atoms with E-state index in [1.165, 1.54) is 13.5 Å². The Morgan fingerprint density at radius 1 is 1.00 bits per heavy atom. The lowest BCUT2D eigenvalue weighted by molar-refractivity contribution is -0.140. The van der Waals surface area contributed by atoms with Gasteiger partial charge >= 0.3 is 5.97 Å². The summed E-state index contributed by atoms with van der Waals surface area (Å²) >= 11 is 19.6. The van der Waals surface area contributed by atoms with E-state index in [9.17, 15) is 9.59 Å². The van der Waals surface area contributed by atoms with Crippen molar-refractivity contribution in [3.8, 4) is 0 Å². The molecule has 0 spiro atoms. The first kappa shape index (κ1) is 28.9. The number of hydrogen-bond donors (Lipinski definition) is 0. The molecule has 9 heteroatoms. The summed E-state index contributed by atoms with van der Waals surface area (Å²) in [6, 6.07) is 13.7. The van der Waals surface area contributed by atoms with E-state index in [2.05, 4.69) is 9.80 Å². The van der Waals surface area contributed by atoms with Crippen LogP contribution < -0.4 is 0 Å². The van der Waals surface area contributed by atoms with Crippen LogP contribution in [0, 0.1) is 11.8 Å². The topological polar surface area (TPSA) is 54.8 Å². The van der Waals surface area contributed by atoms with Crippen molar-refractivity contribution in [2.45, 2.75) is 63.6 Å². The predicted octanol–water partition coefficient (Wildman–Crippen LogP) is 7.31. The Bertz CT molecular complexity index is 1430. The number of rotatable bonds is 7. The average Bonchev–Trinajstić information content (AvgIpc) is 3.32. The molecule has 0 unspecified atom stereocenters. The van der Waals surface area contributed by atoms with Crippen molar-refractivity contribution in [3.05, 3.63) is 68.8 Å². The van der Waals surface area contributed by atoms with Gasteiger partial charge in [0, 0.05) is 51.1 Å². The fourth-order valence-electron chi connectivity index (χ4n) is 7.72. The van der Waals surface area contributed by atoms with E-state index >= 15 is 0 Å². The monoisotopic (exact) mass is 615 g/mol. The van der Waals surface area contributed by atoms with E-state index in [0.29, 0.717) is 58.0 Å². The van der Waals surface area contributed by atoms with E-state index in [0.717, 1.165) is 61.8 Å². The molecule has 3 saturated heterocycles. The number of hydrogen-bond acceptors (Lipinski definition) is 4. The van der Waals surface area contributed by atoms with Crippen molar-refractivity contribution >= 4 is 57.6 Å². The van der Waals surface area contributed by atoms with E-state index in [1.54, 1.807) is 0 Å². The fourth-order valence-corrected chi connectivity index (χ4v) is 8.40. The molecule has 0 bridgehead atoms. The molecule has 41 heavy (non-hydrogen) atoms. The van der Waals surface area contributed by atoms with Crippen molar-refractivity contribution < 1.29 is 14.3 Å². The third kappa shape index (κ3) is 5.61. The van der Waals surface area contributed by atoms with Crippen molar-refractivity contribution in [3.63, 3.8) is 0 Å². The molecule has 0 radical (unpaired) electrons. The summed E-state index contributed by atoms with van der Waals surface area (Å²) in [6.07, 6.45) is 6.42. The van der Waals surface area contributed by atoms with Crippen molar-refractivity contribution in [1.82, 2.24) is 14.4 Å². The number of benzene rings is 2. The van der Waals surface area contributed by atoms with Crippen LogP contribution in [0.2, 0.25) is 15.1 Å². The Morgan fingerprint density at radius 2 is 1.76 bits per heavy atom. The zero-order valence-corrected chi connectivity index (χ0v) is 25.6. The molecule has 4 atom stereocenters. The molecular formula is C32H36Cl3N3O3. The molecule has 3 aliphatic heterocycles. The molecule has 3 fully saturated rings. The van der Waals surface area contributed by atoms with Gasteiger partial charge < -0.3 is 14.2 Å². The fraction of sp³-hybridized carbons (Fsp3) is 0.500. The van der Waals surface area contributed by atoms with Crippen LogP contribution in [0.1, 0.15) is 61.0 Å². The number of fused-ring (bicyclic) bond motifs is 1. The summed E-state index contributed by atoms with van der Waals surface area (Å²) in [5, 5.41) is 2.67. The second-order valence-electron chi connectivity index (χ2n) is 11.7. The lowest BCUT2D eigenvalue weighted by Crippen LogP contribution is -2.65. The van der Waals surface area contributed by atoms with Gasteiger partial charge in [-0.05, 0) is 93.8 Å². The Hall–Kier alpha value is -2.25. The molecule has 6 nitrogen and oxygen atoms in total. The van der Waals surface area contributed by atoms with E-state index in [1.807, 2.05) is 47.0 Å². The maximum atomic E-state index is 14.7. The lowest BCUT2D eigenvalue weighted by Gasteiger charge is -2.57. The molecule has 6 rings (SSSR count). The first-order valence-corrected chi connectivity index (χ1v) is 15.8. The number of esters is 1. The SMILES string of the molecule is COC(=O)CCC[C@@H]1[C@H]2CCCN3CCC[C@@H](CN1C(=O)c1cc4ccc(Cl)cc4n1Cc1c(Cl)cccc1Cl)[C@@H]23. The van der Waals surface area contributed by atoms with Gasteiger partial charge in [0.15, 0.2) is 0 Å². The third-order valence-corrected chi connectivity index (χ3v) is 10.4. The summed E-state index contributed by atoms with van der Waals surface area (Å²) in [7, 11) is 1.43. The van der Waals surface area contributed by atoms with Crippen LogP contribution in [0.25, 0.3) is 10.9 Å². The Labute approximate surface area is 256 Å². The van der Waals surface area contributed by atoms with Gasteiger partial charge in [0.25, 0.3) is 5.91 Å². The summed E-state index contributed by atoms with van der Waals surface area (Å²) in [4.78, 5) is 31.5. The van der Waals surface area contributed by atoms with Gasteiger partial charge in [-0.2, -0.15) is 0 Å².